The van der Waals surface area contributed by atoms with Crippen LogP contribution in [0.4, 0.5) is 0 Å². The number of hydrogen-bond donors (Lipinski definition) is 1. The summed E-state index contributed by atoms with van der Waals surface area (Å²) in [5.74, 6) is 0.409. The molecule has 1 heterocycles. The van der Waals surface area contributed by atoms with Crippen molar-refractivity contribution in [2.75, 3.05) is 12.9 Å². The topological polar surface area (TPSA) is 56.1 Å². The van der Waals surface area contributed by atoms with Crippen molar-refractivity contribution in [2.24, 2.45) is 7.05 Å². The monoisotopic (exact) mass is 257 g/mol. The Bertz CT molecular complexity index is 365. The molecule has 1 aromatic rings. The third-order valence-electron chi connectivity index (χ3n) is 2.12. The Hall–Kier alpha value is -1.01. The number of esters is 1. The highest BCUT2D eigenvalue weighted by atomic mass is 32.2. The highest BCUT2D eigenvalue weighted by Crippen LogP contribution is 2.17. The Labute approximate surface area is 106 Å². The SMILES string of the molecule is COC(=O)C(CSc1cnn(C)c1)NC(C)C. The van der Waals surface area contributed by atoms with Crippen molar-refractivity contribution in [1.29, 1.82) is 0 Å². The molecular formula is C11H19N3O2S. The number of thioether (sulfide) groups is 1. The van der Waals surface area contributed by atoms with E-state index in [0.29, 0.717) is 5.75 Å². The minimum atomic E-state index is -0.287. The second kappa shape index (κ2) is 6.66. The molecule has 0 fully saturated rings. The number of aryl methyl sites for hydroxylation is 1. The van der Waals surface area contributed by atoms with Gasteiger partial charge >= 0.3 is 5.97 Å². The number of nitrogens with one attached hydrogen (secondary N) is 1. The maximum absolute atomic E-state index is 11.6. The molecule has 0 aliphatic carbocycles. The Balaban J connectivity index is 2.51. The van der Waals surface area contributed by atoms with Crippen LogP contribution in [-0.2, 0) is 16.6 Å². The zero-order valence-corrected chi connectivity index (χ0v) is 11.5. The fourth-order valence-electron chi connectivity index (χ4n) is 1.38. The minimum absolute atomic E-state index is 0.227. The molecule has 1 aromatic heterocycles. The largest absolute Gasteiger partial charge is 0.468 e. The second-order valence-corrected chi connectivity index (χ2v) is 5.15. The van der Waals surface area contributed by atoms with Crippen molar-refractivity contribution >= 4 is 17.7 Å². The highest BCUT2D eigenvalue weighted by molar-refractivity contribution is 7.99. The smallest absolute Gasteiger partial charge is 0.323 e. The van der Waals surface area contributed by atoms with Crippen molar-refractivity contribution < 1.29 is 9.53 Å². The van der Waals surface area contributed by atoms with Crippen LogP contribution < -0.4 is 5.32 Å². The van der Waals surface area contributed by atoms with Crippen LogP contribution in [0.3, 0.4) is 0 Å². The van der Waals surface area contributed by atoms with Gasteiger partial charge in [0.2, 0.25) is 0 Å². The maximum Gasteiger partial charge on any atom is 0.323 e. The number of hydrogen-bond acceptors (Lipinski definition) is 5. The first kappa shape index (κ1) is 14.1. The molecule has 1 unspecified atom stereocenters. The Morgan fingerprint density at radius 2 is 2.35 bits per heavy atom. The number of nitrogens with zero attached hydrogens (tertiary/aromatic N) is 2. The Morgan fingerprint density at radius 1 is 1.65 bits per heavy atom. The van der Waals surface area contributed by atoms with Crippen LogP contribution in [0.25, 0.3) is 0 Å². The molecule has 0 saturated heterocycles. The first-order valence-corrected chi connectivity index (χ1v) is 6.46. The molecule has 1 N–H and O–H groups in total. The van der Waals surface area contributed by atoms with Gasteiger partial charge in [-0.05, 0) is 0 Å². The van der Waals surface area contributed by atoms with E-state index < -0.39 is 0 Å². The van der Waals surface area contributed by atoms with E-state index in [0.717, 1.165) is 4.90 Å². The average Bonchev–Trinajstić information content (AvgIpc) is 2.68. The van der Waals surface area contributed by atoms with E-state index in [2.05, 4.69) is 10.4 Å². The number of carbonyl (C=O) groups excluding carboxylic acids is 1. The molecule has 0 saturated carbocycles. The summed E-state index contributed by atoms with van der Waals surface area (Å²) in [6, 6.07) is -0.0428. The summed E-state index contributed by atoms with van der Waals surface area (Å²) >= 11 is 1.59. The van der Waals surface area contributed by atoms with Gasteiger partial charge < -0.3 is 10.1 Å². The Morgan fingerprint density at radius 3 is 2.82 bits per heavy atom. The quantitative estimate of drug-likeness (QED) is 0.610. The maximum atomic E-state index is 11.6. The van der Waals surface area contributed by atoms with Crippen molar-refractivity contribution in [3.8, 4) is 0 Å². The van der Waals surface area contributed by atoms with Crippen LogP contribution in [0.2, 0.25) is 0 Å². The molecule has 17 heavy (non-hydrogen) atoms. The molecule has 0 spiro atoms. The summed E-state index contributed by atoms with van der Waals surface area (Å²) in [5.41, 5.74) is 0. The van der Waals surface area contributed by atoms with Crippen LogP contribution in [0.15, 0.2) is 17.3 Å². The number of rotatable bonds is 6. The lowest BCUT2D eigenvalue weighted by Crippen LogP contribution is -2.43. The summed E-state index contributed by atoms with van der Waals surface area (Å²) in [6.45, 7) is 4.01. The van der Waals surface area contributed by atoms with Crippen molar-refractivity contribution in [3.63, 3.8) is 0 Å². The fourth-order valence-corrected chi connectivity index (χ4v) is 2.32. The summed E-state index contributed by atoms with van der Waals surface area (Å²) in [4.78, 5) is 12.6. The lowest BCUT2D eigenvalue weighted by molar-refractivity contribution is -0.142. The van der Waals surface area contributed by atoms with Gasteiger partial charge in [-0.1, -0.05) is 13.8 Å². The van der Waals surface area contributed by atoms with E-state index in [4.69, 9.17) is 4.74 Å². The Kier molecular flexibility index (Phi) is 5.50. The van der Waals surface area contributed by atoms with Crippen molar-refractivity contribution in [1.82, 2.24) is 15.1 Å². The zero-order chi connectivity index (χ0) is 12.8. The van der Waals surface area contributed by atoms with E-state index in [9.17, 15) is 4.79 Å². The first-order valence-electron chi connectivity index (χ1n) is 5.48. The third-order valence-corrected chi connectivity index (χ3v) is 3.16. The van der Waals surface area contributed by atoms with Gasteiger partial charge in [-0.3, -0.25) is 9.48 Å². The van der Waals surface area contributed by atoms with E-state index in [-0.39, 0.29) is 18.1 Å². The lowest BCUT2D eigenvalue weighted by Gasteiger charge is -2.18. The molecule has 0 aromatic carbocycles. The number of aromatic nitrogens is 2. The van der Waals surface area contributed by atoms with Gasteiger partial charge in [0.15, 0.2) is 0 Å². The molecule has 0 amide bonds. The van der Waals surface area contributed by atoms with Crippen LogP contribution >= 0.6 is 11.8 Å². The zero-order valence-electron chi connectivity index (χ0n) is 10.6. The summed E-state index contributed by atoms with van der Waals surface area (Å²) in [6.07, 6.45) is 3.71. The van der Waals surface area contributed by atoms with Gasteiger partial charge in [0.1, 0.15) is 6.04 Å². The predicted octanol–water partition coefficient (Wildman–Crippen LogP) is 1.05. The first-order chi connectivity index (χ1) is 8.02. The molecule has 0 aliphatic heterocycles. The summed E-state index contributed by atoms with van der Waals surface area (Å²) in [7, 11) is 3.28. The lowest BCUT2D eigenvalue weighted by atomic mass is 10.3. The number of methoxy groups -OCH3 is 1. The minimum Gasteiger partial charge on any atom is -0.468 e. The van der Waals surface area contributed by atoms with E-state index in [1.165, 1.54) is 7.11 Å². The van der Waals surface area contributed by atoms with Gasteiger partial charge in [-0.15, -0.1) is 11.8 Å². The van der Waals surface area contributed by atoms with Gasteiger partial charge in [0.05, 0.1) is 13.3 Å². The van der Waals surface area contributed by atoms with E-state index >= 15 is 0 Å². The summed E-state index contributed by atoms with van der Waals surface area (Å²) < 4.78 is 6.51. The van der Waals surface area contributed by atoms with E-state index in [1.54, 1.807) is 22.6 Å². The highest BCUT2D eigenvalue weighted by Gasteiger charge is 2.20. The van der Waals surface area contributed by atoms with Gasteiger partial charge in [-0.2, -0.15) is 5.10 Å². The van der Waals surface area contributed by atoms with Crippen LogP contribution in [0.5, 0.6) is 0 Å². The average molecular weight is 257 g/mol. The van der Waals surface area contributed by atoms with Crippen molar-refractivity contribution in [2.45, 2.75) is 30.8 Å². The van der Waals surface area contributed by atoms with E-state index in [1.807, 2.05) is 27.1 Å². The van der Waals surface area contributed by atoms with Gasteiger partial charge in [0, 0.05) is 29.9 Å². The molecule has 5 nitrogen and oxygen atoms in total. The van der Waals surface area contributed by atoms with Crippen LogP contribution in [0.1, 0.15) is 13.8 Å². The summed E-state index contributed by atoms with van der Waals surface area (Å²) in [5, 5.41) is 7.26. The predicted molar refractivity (Wildman–Crippen MR) is 68.0 cm³/mol. The molecule has 1 rings (SSSR count). The molecule has 0 radical (unpaired) electrons. The molecular weight excluding hydrogens is 238 g/mol. The number of ether oxygens (including phenoxy) is 1. The molecule has 96 valence electrons. The number of carbonyl (C=O) groups is 1. The normalized spacial score (nSPS) is 12.8. The molecule has 6 heteroatoms. The standard InChI is InChI=1S/C11H19N3O2S/c1-8(2)13-10(11(15)16-4)7-17-9-5-12-14(3)6-9/h5-6,8,10,13H,7H2,1-4H3. The van der Waals surface area contributed by atoms with Gasteiger partial charge in [-0.25, -0.2) is 0 Å². The van der Waals surface area contributed by atoms with Crippen molar-refractivity contribution in [3.05, 3.63) is 12.4 Å². The molecule has 1 atom stereocenters. The molecule has 0 bridgehead atoms. The molecule has 0 aliphatic rings. The van der Waals surface area contributed by atoms with Gasteiger partial charge in [0.25, 0.3) is 0 Å². The second-order valence-electron chi connectivity index (χ2n) is 4.06. The third kappa shape index (κ3) is 4.79. The van der Waals surface area contributed by atoms with Crippen LogP contribution in [-0.4, -0.2) is 40.7 Å². The van der Waals surface area contributed by atoms with Crippen LogP contribution in [0, 0.1) is 0 Å². The fraction of sp³-hybridized carbons (Fsp3) is 0.636.